The number of hydrogen-bond donors (Lipinski definition) is 1. The van der Waals surface area contributed by atoms with Gasteiger partial charge in [-0.3, -0.25) is 19.3 Å². The maximum atomic E-state index is 12.8. The van der Waals surface area contributed by atoms with E-state index in [0.29, 0.717) is 33.5 Å². The largest absolute Gasteiger partial charge is 0.485 e. The van der Waals surface area contributed by atoms with E-state index in [1.807, 2.05) is 13.8 Å². The Bertz CT molecular complexity index is 1250. The number of hydrogen-bond acceptors (Lipinski definition) is 6. The molecule has 0 aliphatic carbocycles. The number of nitrogens with one attached hydrogen (secondary N) is 1. The van der Waals surface area contributed by atoms with Crippen molar-refractivity contribution in [3.05, 3.63) is 76.7 Å². The molecule has 2 amide bonds. The molecule has 1 atom stereocenters. The third kappa shape index (κ3) is 5.84. The lowest BCUT2D eigenvalue weighted by atomic mass is 10.1. The Labute approximate surface area is 207 Å². The number of ether oxygens (including phenoxy) is 2. The fourth-order valence-corrected chi connectivity index (χ4v) is 3.66. The summed E-state index contributed by atoms with van der Waals surface area (Å²) in [6.45, 7) is 3.63. The van der Waals surface area contributed by atoms with Crippen molar-refractivity contribution in [2.45, 2.75) is 32.9 Å². The number of rotatable bonds is 9. The molecule has 0 bridgehead atoms. The molecule has 9 heteroatoms. The summed E-state index contributed by atoms with van der Waals surface area (Å²) in [5.41, 5.74) is 0.805. The Morgan fingerprint density at radius 1 is 1.17 bits per heavy atom. The van der Waals surface area contributed by atoms with Gasteiger partial charge in [-0.2, -0.15) is 0 Å². The summed E-state index contributed by atoms with van der Waals surface area (Å²) in [6.07, 6.45) is 0.795. The van der Waals surface area contributed by atoms with Gasteiger partial charge in [0, 0.05) is 16.6 Å². The molecule has 1 N–H and O–H groups in total. The minimum absolute atomic E-state index is 0.0163. The molecule has 0 saturated carbocycles. The molecule has 182 valence electrons. The molecular weight excluding hydrogens is 472 g/mol. The standard InChI is InChI=1S/C26H25ClN2O6/c1-3-16(2)28-26(32)24-10-8-20(35-24)13-29-21-11-17(7-9-23(21)34-15-25(29)31)22(30)14-33-19-6-4-5-18(27)12-19/h4-12,16H,3,13-15H2,1-2H3,(H,28,32)/t16-/m0/s1. The van der Waals surface area contributed by atoms with Gasteiger partial charge >= 0.3 is 0 Å². The second-order valence-electron chi connectivity index (χ2n) is 8.17. The smallest absolute Gasteiger partial charge is 0.287 e. The highest BCUT2D eigenvalue weighted by Gasteiger charge is 2.28. The van der Waals surface area contributed by atoms with E-state index in [1.165, 1.54) is 4.90 Å². The minimum atomic E-state index is -0.313. The maximum Gasteiger partial charge on any atom is 0.287 e. The first-order chi connectivity index (χ1) is 16.8. The van der Waals surface area contributed by atoms with E-state index in [0.717, 1.165) is 6.42 Å². The van der Waals surface area contributed by atoms with Crippen molar-refractivity contribution in [1.82, 2.24) is 5.32 Å². The van der Waals surface area contributed by atoms with Crippen LogP contribution in [0.2, 0.25) is 5.02 Å². The van der Waals surface area contributed by atoms with Gasteiger partial charge in [0.25, 0.3) is 11.8 Å². The third-order valence-electron chi connectivity index (χ3n) is 5.58. The summed E-state index contributed by atoms with van der Waals surface area (Å²) in [5, 5.41) is 3.35. The van der Waals surface area contributed by atoms with Gasteiger partial charge in [0.05, 0.1) is 12.2 Å². The summed E-state index contributed by atoms with van der Waals surface area (Å²) in [4.78, 5) is 39.2. The average Bonchev–Trinajstić information content (AvgIpc) is 3.33. The second kappa shape index (κ2) is 10.7. The summed E-state index contributed by atoms with van der Waals surface area (Å²) in [6, 6.07) is 14.9. The SMILES string of the molecule is CC[C@H](C)NC(=O)c1ccc(CN2C(=O)COc3ccc(C(=O)COc4cccc(Cl)c4)cc32)o1. The molecule has 2 aromatic carbocycles. The quantitative estimate of drug-likeness (QED) is 0.433. The number of halogens is 1. The van der Waals surface area contributed by atoms with Crippen LogP contribution in [0.1, 0.15) is 46.9 Å². The normalized spacial score (nSPS) is 13.6. The lowest BCUT2D eigenvalue weighted by molar-refractivity contribution is -0.121. The fraction of sp³-hybridized carbons (Fsp3) is 0.269. The van der Waals surface area contributed by atoms with E-state index in [4.69, 9.17) is 25.5 Å². The molecule has 2 heterocycles. The third-order valence-corrected chi connectivity index (χ3v) is 5.81. The van der Waals surface area contributed by atoms with E-state index >= 15 is 0 Å². The van der Waals surface area contributed by atoms with Crippen LogP contribution in [-0.4, -0.2) is 36.9 Å². The van der Waals surface area contributed by atoms with Gasteiger partial charge in [-0.25, -0.2) is 0 Å². The topological polar surface area (TPSA) is 98.1 Å². The van der Waals surface area contributed by atoms with Crippen LogP contribution in [0.4, 0.5) is 5.69 Å². The van der Waals surface area contributed by atoms with Crippen LogP contribution in [0, 0.1) is 0 Å². The number of carbonyl (C=O) groups is 3. The first-order valence-electron chi connectivity index (χ1n) is 11.2. The summed E-state index contributed by atoms with van der Waals surface area (Å²) in [7, 11) is 0. The van der Waals surface area contributed by atoms with Crippen molar-refractivity contribution in [2.24, 2.45) is 0 Å². The van der Waals surface area contributed by atoms with Gasteiger partial charge in [0.15, 0.2) is 24.8 Å². The van der Waals surface area contributed by atoms with Gasteiger partial charge < -0.3 is 19.2 Å². The van der Waals surface area contributed by atoms with Gasteiger partial charge in [0.1, 0.15) is 17.3 Å². The first-order valence-corrected chi connectivity index (χ1v) is 11.6. The average molecular weight is 497 g/mol. The van der Waals surface area contributed by atoms with Crippen LogP contribution in [0.3, 0.4) is 0 Å². The molecule has 0 radical (unpaired) electrons. The number of Topliss-reactive ketones (excluding diaryl/α,β-unsaturated/α-hetero) is 1. The van der Waals surface area contributed by atoms with Crippen molar-refractivity contribution in [3.63, 3.8) is 0 Å². The van der Waals surface area contributed by atoms with E-state index in [9.17, 15) is 14.4 Å². The fourth-order valence-electron chi connectivity index (χ4n) is 3.48. The zero-order valence-electron chi connectivity index (χ0n) is 19.4. The first kappa shape index (κ1) is 24.3. The molecular formula is C26H25ClN2O6. The van der Waals surface area contributed by atoms with Gasteiger partial charge in [-0.05, 0) is 61.9 Å². The van der Waals surface area contributed by atoms with Crippen molar-refractivity contribution in [1.29, 1.82) is 0 Å². The molecule has 35 heavy (non-hydrogen) atoms. The lowest BCUT2D eigenvalue weighted by Gasteiger charge is -2.29. The monoisotopic (exact) mass is 496 g/mol. The molecule has 1 aliphatic heterocycles. The van der Waals surface area contributed by atoms with Crippen molar-refractivity contribution < 1.29 is 28.3 Å². The molecule has 0 spiro atoms. The highest BCUT2D eigenvalue weighted by Crippen LogP contribution is 2.34. The molecule has 0 unspecified atom stereocenters. The van der Waals surface area contributed by atoms with Gasteiger partial charge in [0.2, 0.25) is 0 Å². The Kier molecular flexibility index (Phi) is 7.41. The molecule has 8 nitrogen and oxygen atoms in total. The molecule has 1 aliphatic rings. The Hall–Kier alpha value is -3.78. The molecule has 4 rings (SSSR count). The number of fused-ring (bicyclic) bond motifs is 1. The number of ketones is 1. The number of anilines is 1. The van der Waals surface area contributed by atoms with E-state index in [-0.39, 0.29) is 49.2 Å². The summed E-state index contributed by atoms with van der Waals surface area (Å²) in [5.74, 6) is 0.678. The van der Waals surface area contributed by atoms with Crippen LogP contribution in [0.5, 0.6) is 11.5 Å². The number of carbonyl (C=O) groups excluding carboxylic acids is 3. The number of amides is 2. The second-order valence-corrected chi connectivity index (χ2v) is 8.61. The zero-order valence-corrected chi connectivity index (χ0v) is 20.1. The van der Waals surface area contributed by atoms with Crippen LogP contribution in [-0.2, 0) is 11.3 Å². The highest BCUT2D eigenvalue weighted by molar-refractivity contribution is 6.30. The number of furan rings is 1. The molecule has 0 saturated heterocycles. The Balaban J connectivity index is 1.49. The zero-order chi connectivity index (χ0) is 24.9. The molecule has 0 fully saturated rings. The van der Waals surface area contributed by atoms with E-state index < -0.39 is 0 Å². The highest BCUT2D eigenvalue weighted by atomic mass is 35.5. The maximum absolute atomic E-state index is 12.8. The number of nitrogens with zero attached hydrogens (tertiary/aromatic N) is 1. The lowest BCUT2D eigenvalue weighted by Crippen LogP contribution is -2.38. The van der Waals surface area contributed by atoms with Crippen molar-refractivity contribution in [2.75, 3.05) is 18.1 Å². The van der Waals surface area contributed by atoms with Crippen LogP contribution in [0.25, 0.3) is 0 Å². The van der Waals surface area contributed by atoms with Crippen LogP contribution < -0.4 is 19.7 Å². The minimum Gasteiger partial charge on any atom is -0.485 e. The van der Waals surface area contributed by atoms with E-state index in [2.05, 4.69) is 5.32 Å². The van der Waals surface area contributed by atoms with Gasteiger partial charge in [-0.15, -0.1) is 0 Å². The summed E-state index contributed by atoms with van der Waals surface area (Å²) >= 11 is 5.95. The Morgan fingerprint density at radius 2 is 2.00 bits per heavy atom. The Morgan fingerprint density at radius 3 is 2.77 bits per heavy atom. The van der Waals surface area contributed by atoms with Crippen molar-refractivity contribution >= 4 is 34.9 Å². The molecule has 3 aromatic rings. The van der Waals surface area contributed by atoms with Crippen LogP contribution >= 0.6 is 11.6 Å². The summed E-state index contributed by atoms with van der Waals surface area (Å²) < 4.78 is 16.8. The number of benzene rings is 2. The predicted molar refractivity (Wildman–Crippen MR) is 130 cm³/mol. The predicted octanol–water partition coefficient (Wildman–Crippen LogP) is 4.65. The van der Waals surface area contributed by atoms with Gasteiger partial charge in [-0.1, -0.05) is 24.6 Å². The van der Waals surface area contributed by atoms with Crippen LogP contribution in [0.15, 0.2) is 59.0 Å². The van der Waals surface area contributed by atoms with E-state index in [1.54, 1.807) is 54.6 Å². The van der Waals surface area contributed by atoms with Crippen molar-refractivity contribution in [3.8, 4) is 11.5 Å². The molecule has 1 aromatic heterocycles.